The Kier molecular flexibility index (Phi) is 5.99. The largest absolute Gasteiger partial charge is 0.352 e. The molecule has 1 heterocycles. The quantitative estimate of drug-likeness (QED) is 0.890. The van der Waals surface area contributed by atoms with Gasteiger partial charge >= 0.3 is 0 Å². The second-order valence-electron chi connectivity index (χ2n) is 7.68. The first-order chi connectivity index (χ1) is 11.3. The molecule has 1 aliphatic rings. The average Bonchev–Trinajstić information content (AvgIpc) is 2.58. The number of hydrogen-bond donors (Lipinski definition) is 2. The molecule has 2 amide bonds. The zero-order valence-corrected chi connectivity index (χ0v) is 15.2. The van der Waals surface area contributed by atoms with Gasteiger partial charge in [-0.1, -0.05) is 20.8 Å². The maximum Gasteiger partial charge on any atom is 0.253 e. The molecule has 5 heteroatoms. The summed E-state index contributed by atoms with van der Waals surface area (Å²) in [5, 5.41) is 6.18. The van der Waals surface area contributed by atoms with Crippen molar-refractivity contribution < 1.29 is 9.59 Å². The highest BCUT2D eigenvalue weighted by Gasteiger charge is 2.22. The van der Waals surface area contributed by atoms with Crippen LogP contribution in [0.15, 0.2) is 24.3 Å². The molecule has 24 heavy (non-hydrogen) atoms. The van der Waals surface area contributed by atoms with E-state index in [1.165, 1.54) is 0 Å². The molecule has 0 radical (unpaired) electrons. The molecule has 0 aliphatic carbocycles. The third-order valence-electron chi connectivity index (χ3n) is 4.36. The van der Waals surface area contributed by atoms with Gasteiger partial charge in [0.25, 0.3) is 11.8 Å². The number of carbonyl (C=O) groups is 2. The second-order valence-corrected chi connectivity index (χ2v) is 7.68. The maximum atomic E-state index is 12.5. The van der Waals surface area contributed by atoms with Crippen molar-refractivity contribution in [2.75, 3.05) is 26.7 Å². The molecule has 5 nitrogen and oxygen atoms in total. The number of nitrogens with one attached hydrogen (secondary N) is 2. The molecule has 0 spiro atoms. The van der Waals surface area contributed by atoms with Crippen molar-refractivity contribution in [3.63, 3.8) is 0 Å². The van der Waals surface area contributed by atoms with Crippen LogP contribution in [0.5, 0.6) is 0 Å². The van der Waals surface area contributed by atoms with Crippen LogP contribution in [0.3, 0.4) is 0 Å². The molecular weight excluding hydrogens is 302 g/mol. The van der Waals surface area contributed by atoms with Gasteiger partial charge in [-0.25, -0.2) is 0 Å². The third kappa shape index (κ3) is 5.06. The SMILES string of the molecule is CNC1CCN(C(=O)c2ccc(C(=O)NCC(C)(C)C)cc2)CC1. The average molecular weight is 331 g/mol. The highest BCUT2D eigenvalue weighted by molar-refractivity contribution is 5.97. The van der Waals surface area contributed by atoms with Crippen molar-refractivity contribution >= 4 is 11.8 Å². The number of hydrogen-bond acceptors (Lipinski definition) is 3. The predicted molar refractivity (Wildman–Crippen MR) is 96.2 cm³/mol. The molecule has 0 bridgehead atoms. The van der Waals surface area contributed by atoms with Crippen molar-refractivity contribution in [3.8, 4) is 0 Å². The Balaban J connectivity index is 1.94. The minimum absolute atomic E-state index is 0.0467. The lowest BCUT2D eigenvalue weighted by Crippen LogP contribution is -2.43. The molecule has 0 atom stereocenters. The Morgan fingerprint density at radius 3 is 2.12 bits per heavy atom. The number of carbonyl (C=O) groups excluding carboxylic acids is 2. The summed E-state index contributed by atoms with van der Waals surface area (Å²) in [7, 11) is 1.96. The van der Waals surface area contributed by atoms with Gasteiger partial charge < -0.3 is 15.5 Å². The first-order valence-electron chi connectivity index (χ1n) is 8.65. The van der Waals surface area contributed by atoms with Crippen molar-refractivity contribution in [2.45, 2.75) is 39.7 Å². The molecule has 1 saturated heterocycles. The number of nitrogens with zero attached hydrogens (tertiary/aromatic N) is 1. The van der Waals surface area contributed by atoms with E-state index in [2.05, 4.69) is 31.4 Å². The van der Waals surface area contributed by atoms with E-state index in [4.69, 9.17) is 0 Å². The van der Waals surface area contributed by atoms with E-state index in [0.717, 1.165) is 25.9 Å². The summed E-state index contributed by atoms with van der Waals surface area (Å²) in [5.41, 5.74) is 1.28. The fourth-order valence-corrected chi connectivity index (χ4v) is 2.77. The van der Waals surface area contributed by atoms with Crippen molar-refractivity contribution in [1.82, 2.24) is 15.5 Å². The van der Waals surface area contributed by atoms with Gasteiger partial charge in [-0.05, 0) is 49.6 Å². The van der Waals surface area contributed by atoms with Crippen molar-refractivity contribution in [3.05, 3.63) is 35.4 Å². The predicted octanol–water partition coefficient (Wildman–Crippen LogP) is 2.29. The highest BCUT2D eigenvalue weighted by atomic mass is 16.2. The van der Waals surface area contributed by atoms with E-state index in [9.17, 15) is 9.59 Å². The summed E-state index contributed by atoms with van der Waals surface area (Å²) in [4.78, 5) is 26.6. The first-order valence-corrected chi connectivity index (χ1v) is 8.65. The van der Waals surface area contributed by atoms with Gasteiger partial charge in [0.2, 0.25) is 0 Å². The fraction of sp³-hybridized carbons (Fsp3) is 0.579. The van der Waals surface area contributed by atoms with Crippen LogP contribution < -0.4 is 10.6 Å². The molecule has 2 rings (SSSR count). The summed E-state index contributed by atoms with van der Waals surface area (Å²) in [6.07, 6.45) is 1.96. The van der Waals surface area contributed by atoms with Crippen LogP contribution in [-0.4, -0.2) is 49.4 Å². The number of rotatable bonds is 4. The standard InChI is InChI=1S/C19H29N3O2/c1-19(2,3)13-21-17(23)14-5-7-15(8-6-14)18(24)22-11-9-16(20-4)10-12-22/h5-8,16,20H,9-13H2,1-4H3,(H,21,23). The van der Waals surface area contributed by atoms with Crippen molar-refractivity contribution in [2.24, 2.45) is 5.41 Å². The molecule has 1 aromatic carbocycles. The van der Waals surface area contributed by atoms with Crippen LogP contribution in [0.1, 0.15) is 54.3 Å². The molecule has 1 fully saturated rings. The van der Waals surface area contributed by atoms with Crippen LogP contribution in [-0.2, 0) is 0 Å². The summed E-state index contributed by atoms with van der Waals surface area (Å²) in [6, 6.07) is 7.46. The number of amides is 2. The Labute approximate surface area is 144 Å². The minimum atomic E-state index is -0.0984. The normalized spacial score (nSPS) is 16.1. The number of likely N-dealkylation sites (tertiary alicyclic amines) is 1. The first kappa shape index (κ1) is 18.5. The molecular formula is C19H29N3O2. The van der Waals surface area contributed by atoms with Crippen LogP contribution in [0, 0.1) is 5.41 Å². The van der Waals surface area contributed by atoms with E-state index >= 15 is 0 Å². The van der Waals surface area contributed by atoms with Gasteiger partial charge in [0.15, 0.2) is 0 Å². The Hall–Kier alpha value is -1.88. The summed E-state index contributed by atoms with van der Waals surface area (Å²) in [5.74, 6) is -0.0510. The Morgan fingerprint density at radius 2 is 1.62 bits per heavy atom. The van der Waals surface area contributed by atoms with Crippen molar-refractivity contribution in [1.29, 1.82) is 0 Å². The summed E-state index contributed by atoms with van der Waals surface area (Å²) >= 11 is 0. The molecule has 0 aromatic heterocycles. The lowest BCUT2D eigenvalue weighted by molar-refractivity contribution is 0.0707. The van der Waals surface area contributed by atoms with Crippen LogP contribution in [0.4, 0.5) is 0 Å². The topological polar surface area (TPSA) is 61.4 Å². The van der Waals surface area contributed by atoms with Gasteiger partial charge in [0, 0.05) is 36.8 Å². The lowest BCUT2D eigenvalue weighted by atomic mass is 9.97. The highest BCUT2D eigenvalue weighted by Crippen LogP contribution is 2.15. The third-order valence-corrected chi connectivity index (χ3v) is 4.36. The van der Waals surface area contributed by atoms with Gasteiger partial charge in [-0.3, -0.25) is 9.59 Å². The molecule has 0 unspecified atom stereocenters. The van der Waals surface area contributed by atoms with Gasteiger partial charge in [-0.2, -0.15) is 0 Å². The molecule has 0 saturated carbocycles. The second kappa shape index (κ2) is 7.79. The van der Waals surface area contributed by atoms with Crippen LogP contribution in [0.25, 0.3) is 0 Å². The lowest BCUT2D eigenvalue weighted by Gasteiger charge is -2.31. The monoisotopic (exact) mass is 331 g/mol. The van der Waals surface area contributed by atoms with Crippen LogP contribution >= 0.6 is 0 Å². The van der Waals surface area contributed by atoms with E-state index in [-0.39, 0.29) is 17.2 Å². The number of benzene rings is 1. The Morgan fingerprint density at radius 1 is 1.08 bits per heavy atom. The maximum absolute atomic E-state index is 12.5. The fourth-order valence-electron chi connectivity index (χ4n) is 2.77. The van der Waals surface area contributed by atoms with Gasteiger partial charge in [0.1, 0.15) is 0 Å². The van der Waals surface area contributed by atoms with E-state index in [1.807, 2.05) is 11.9 Å². The zero-order chi connectivity index (χ0) is 17.7. The van der Waals surface area contributed by atoms with E-state index < -0.39 is 0 Å². The summed E-state index contributed by atoms with van der Waals surface area (Å²) in [6.45, 7) is 8.40. The van der Waals surface area contributed by atoms with Gasteiger partial charge in [-0.15, -0.1) is 0 Å². The molecule has 2 N–H and O–H groups in total. The number of piperidine rings is 1. The Bertz CT molecular complexity index is 567. The van der Waals surface area contributed by atoms with Crippen LogP contribution in [0.2, 0.25) is 0 Å². The van der Waals surface area contributed by atoms with Gasteiger partial charge in [0.05, 0.1) is 0 Å². The summed E-state index contributed by atoms with van der Waals surface area (Å²) < 4.78 is 0. The smallest absolute Gasteiger partial charge is 0.253 e. The molecule has 1 aliphatic heterocycles. The molecule has 132 valence electrons. The zero-order valence-electron chi connectivity index (χ0n) is 15.2. The van der Waals surface area contributed by atoms with E-state index in [0.29, 0.717) is 23.7 Å². The van der Waals surface area contributed by atoms with E-state index in [1.54, 1.807) is 24.3 Å². The minimum Gasteiger partial charge on any atom is -0.352 e. The molecule has 1 aromatic rings.